The Morgan fingerprint density at radius 3 is 2.54 bits per heavy atom. The van der Waals surface area contributed by atoms with Gasteiger partial charge in [0.1, 0.15) is 0 Å². The number of benzene rings is 1. The molecular formula is C10H15ClN2. The number of nitrogens with two attached hydrogens (primary N) is 2. The second-order valence-electron chi connectivity index (χ2n) is 3.51. The molecule has 1 aromatic carbocycles. The van der Waals surface area contributed by atoms with Gasteiger partial charge in [0.05, 0.1) is 10.7 Å². The van der Waals surface area contributed by atoms with E-state index in [1.54, 1.807) is 6.07 Å². The monoisotopic (exact) mass is 198 g/mol. The molecule has 0 amide bonds. The summed E-state index contributed by atoms with van der Waals surface area (Å²) in [5.74, 6) is 0. The van der Waals surface area contributed by atoms with Crippen LogP contribution in [0.25, 0.3) is 0 Å². The summed E-state index contributed by atoms with van der Waals surface area (Å²) >= 11 is 5.90. The van der Waals surface area contributed by atoms with Crippen LogP contribution >= 0.6 is 11.6 Å². The van der Waals surface area contributed by atoms with E-state index in [1.807, 2.05) is 26.0 Å². The highest BCUT2D eigenvalue weighted by Gasteiger charge is 2.18. The van der Waals surface area contributed by atoms with Crippen molar-refractivity contribution in [1.82, 2.24) is 0 Å². The van der Waals surface area contributed by atoms with Crippen LogP contribution in [0.2, 0.25) is 5.02 Å². The predicted molar refractivity (Wildman–Crippen MR) is 57.7 cm³/mol. The molecule has 1 atom stereocenters. The van der Waals surface area contributed by atoms with Crippen LogP contribution in [0.15, 0.2) is 18.2 Å². The fourth-order valence-corrected chi connectivity index (χ4v) is 1.27. The van der Waals surface area contributed by atoms with Crippen molar-refractivity contribution < 1.29 is 0 Å². The molecule has 3 heteroatoms. The number of hydrogen-bond donors (Lipinski definition) is 2. The van der Waals surface area contributed by atoms with Crippen molar-refractivity contribution in [2.24, 2.45) is 5.73 Å². The lowest BCUT2D eigenvalue weighted by molar-refractivity contribution is 0.476. The fraction of sp³-hybridized carbons (Fsp3) is 0.400. The molecule has 0 spiro atoms. The number of nitrogen functional groups attached to an aromatic ring is 1. The maximum atomic E-state index is 6.06. The van der Waals surface area contributed by atoms with E-state index in [1.165, 1.54) is 0 Å². The van der Waals surface area contributed by atoms with Gasteiger partial charge in [-0.2, -0.15) is 0 Å². The molecule has 0 radical (unpaired) electrons. The zero-order chi connectivity index (χ0) is 10.1. The fourth-order valence-electron chi connectivity index (χ4n) is 1.09. The van der Waals surface area contributed by atoms with Crippen LogP contribution in [0.4, 0.5) is 5.69 Å². The summed E-state index contributed by atoms with van der Waals surface area (Å²) in [6.45, 7) is 4.03. The highest BCUT2D eigenvalue weighted by molar-refractivity contribution is 6.33. The van der Waals surface area contributed by atoms with Gasteiger partial charge in [-0.05, 0) is 31.0 Å². The van der Waals surface area contributed by atoms with Crippen molar-refractivity contribution in [3.05, 3.63) is 28.8 Å². The van der Waals surface area contributed by atoms with Crippen molar-refractivity contribution >= 4 is 17.3 Å². The highest BCUT2D eigenvalue weighted by Crippen LogP contribution is 2.27. The van der Waals surface area contributed by atoms with Crippen molar-refractivity contribution in [3.8, 4) is 0 Å². The molecule has 1 unspecified atom stereocenters. The second-order valence-corrected chi connectivity index (χ2v) is 3.91. The quantitative estimate of drug-likeness (QED) is 0.718. The lowest BCUT2D eigenvalue weighted by atomic mass is 9.90. The molecule has 0 saturated carbocycles. The van der Waals surface area contributed by atoms with Crippen molar-refractivity contribution in [3.63, 3.8) is 0 Å². The summed E-state index contributed by atoms with van der Waals surface area (Å²) in [6.07, 6.45) is 0.868. The lowest BCUT2D eigenvalue weighted by Gasteiger charge is -2.23. The lowest BCUT2D eigenvalue weighted by Crippen LogP contribution is -2.31. The van der Waals surface area contributed by atoms with Crippen LogP contribution in [-0.2, 0) is 5.54 Å². The summed E-state index contributed by atoms with van der Waals surface area (Å²) in [6, 6.07) is 5.55. The average molecular weight is 199 g/mol. The Labute approximate surface area is 83.9 Å². The minimum Gasteiger partial charge on any atom is -0.398 e. The third-order valence-electron chi connectivity index (χ3n) is 2.39. The molecule has 13 heavy (non-hydrogen) atoms. The van der Waals surface area contributed by atoms with Gasteiger partial charge >= 0.3 is 0 Å². The van der Waals surface area contributed by atoms with Crippen LogP contribution in [0.3, 0.4) is 0 Å². The maximum absolute atomic E-state index is 6.06. The third-order valence-corrected chi connectivity index (χ3v) is 2.72. The van der Waals surface area contributed by atoms with Gasteiger partial charge in [0.2, 0.25) is 0 Å². The second kappa shape index (κ2) is 3.56. The maximum Gasteiger partial charge on any atom is 0.0638 e. The summed E-state index contributed by atoms with van der Waals surface area (Å²) in [5.41, 5.74) is 13.0. The largest absolute Gasteiger partial charge is 0.398 e. The van der Waals surface area contributed by atoms with Crippen molar-refractivity contribution in [2.45, 2.75) is 25.8 Å². The van der Waals surface area contributed by atoms with Gasteiger partial charge in [0.15, 0.2) is 0 Å². The van der Waals surface area contributed by atoms with E-state index >= 15 is 0 Å². The van der Waals surface area contributed by atoms with Gasteiger partial charge in [0, 0.05) is 5.54 Å². The first-order chi connectivity index (χ1) is 5.97. The van der Waals surface area contributed by atoms with E-state index in [9.17, 15) is 0 Å². The summed E-state index contributed by atoms with van der Waals surface area (Å²) in [7, 11) is 0. The third kappa shape index (κ3) is 2.14. The first-order valence-electron chi connectivity index (χ1n) is 4.32. The Morgan fingerprint density at radius 1 is 1.46 bits per heavy atom. The predicted octanol–water partition coefficient (Wildman–Crippen LogP) is 2.51. The minimum absolute atomic E-state index is 0.322. The highest BCUT2D eigenvalue weighted by atomic mass is 35.5. The van der Waals surface area contributed by atoms with E-state index in [4.69, 9.17) is 23.1 Å². The number of halogens is 1. The standard InChI is InChI=1S/C10H15ClN2/c1-3-10(2,13)7-4-5-9(12)8(11)6-7/h4-6H,3,12-13H2,1-2H3. The minimum atomic E-state index is -0.322. The Balaban J connectivity index is 3.10. The topological polar surface area (TPSA) is 52.0 Å². The Hall–Kier alpha value is -0.730. The van der Waals surface area contributed by atoms with Crippen LogP contribution in [0.5, 0.6) is 0 Å². The molecule has 0 heterocycles. The molecule has 0 bridgehead atoms. The molecule has 0 aliphatic heterocycles. The molecule has 72 valence electrons. The molecule has 2 nitrogen and oxygen atoms in total. The van der Waals surface area contributed by atoms with E-state index in [2.05, 4.69) is 0 Å². The van der Waals surface area contributed by atoms with E-state index < -0.39 is 0 Å². The first-order valence-corrected chi connectivity index (χ1v) is 4.69. The zero-order valence-corrected chi connectivity index (χ0v) is 8.73. The van der Waals surface area contributed by atoms with Gasteiger partial charge in [-0.1, -0.05) is 24.6 Å². The molecule has 1 aromatic rings. The van der Waals surface area contributed by atoms with Gasteiger partial charge in [-0.15, -0.1) is 0 Å². The van der Waals surface area contributed by atoms with Crippen LogP contribution in [0.1, 0.15) is 25.8 Å². The first kappa shape index (κ1) is 10.4. The van der Waals surface area contributed by atoms with Gasteiger partial charge < -0.3 is 11.5 Å². The van der Waals surface area contributed by atoms with Crippen LogP contribution < -0.4 is 11.5 Å². The zero-order valence-electron chi connectivity index (χ0n) is 7.97. The van der Waals surface area contributed by atoms with Gasteiger partial charge in [-0.25, -0.2) is 0 Å². The van der Waals surface area contributed by atoms with Gasteiger partial charge in [-0.3, -0.25) is 0 Å². The molecule has 0 aliphatic carbocycles. The van der Waals surface area contributed by atoms with E-state index in [0.29, 0.717) is 10.7 Å². The summed E-state index contributed by atoms with van der Waals surface area (Å²) in [5, 5.41) is 0.572. The molecule has 1 rings (SSSR count). The normalized spacial score (nSPS) is 15.4. The number of rotatable bonds is 2. The van der Waals surface area contributed by atoms with E-state index in [-0.39, 0.29) is 5.54 Å². The Bertz CT molecular complexity index is 308. The Kier molecular flexibility index (Phi) is 2.84. The van der Waals surface area contributed by atoms with Crippen molar-refractivity contribution in [2.75, 3.05) is 5.73 Å². The smallest absolute Gasteiger partial charge is 0.0638 e. The molecule has 0 fully saturated rings. The Morgan fingerprint density at radius 2 is 2.08 bits per heavy atom. The number of hydrogen-bond acceptors (Lipinski definition) is 2. The average Bonchev–Trinajstić information content (AvgIpc) is 2.09. The molecule has 0 aliphatic rings. The van der Waals surface area contributed by atoms with Crippen molar-refractivity contribution in [1.29, 1.82) is 0 Å². The summed E-state index contributed by atoms with van der Waals surface area (Å²) in [4.78, 5) is 0. The van der Waals surface area contributed by atoms with E-state index in [0.717, 1.165) is 12.0 Å². The van der Waals surface area contributed by atoms with Gasteiger partial charge in [0.25, 0.3) is 0 Å². The van der Waals surface area contributed by atoms with Crippen LogP contribution in [0, 0.1) is 0 Å². The molecule has 0 saturated heterocycles. The summed E-state index contributed by atoms with van der Waals surface area (Å²) < 4.78 is 0. The number of anilines is 1. The molecular weight excluding hydrogens is 184 g/mol. The molecule has 0 aromatic heterocycles. The van der Waals surface area contributed by atoms with Crippen LogP contribution in [-0.4, -0.2) is 0 Å². The SMILES string of the molecule is CCC(C)(N)c1ccc(N)c(Cl)c1. The molecule has 4 N–H and O–H groups in total.